The molecule has 0 unspecified atom stereocenters. The zero-order chi connectivity index (χ0) is 19.1. The minimum atomic E-state index is -0.441. The number of carbonyl (C=O) groups excluding carboxylic acids is 1. The molecule has 2 rings (SSSR count). The highest BCUT2D eigenvalue weighted by molar-refractivity contribution is 5.82. The van der Waals surface area contributed by atoms with Gasteiger partial charge in [-0.1, -0.05) is 0 Å². The number of rotatable bonds is 8. The number of carbonyl (C=O) groups is 1. The number of nitrogens with one attached hydrogen (secondary N) is 2. The molecule has 0 saturated heterocycles. The number of nitrogens with two attached hydrogens (primary N) is 1. The Bertz CT molecular complexity index is 860. The molecule has 0 fully saturated rings. The van der Waals surface area contributed by atoms with Crippen molar-refractivity contribution in [2.75, 3.05) is 20.3 Å². The summed E-state index contributed by atoms with van der Waals surface area (Å²) in [6, 6.07) is 7.24. The molecule has 0 aliphatic carbocycles. The summed E-state index contributed by atoms with van der Waals surface area (Å²) in [5.74, 6) is 0.149. The zero-order valence-electron chi connectivity index (χ0n) is 15.0. The van der Waals surface area contributed by atoms with Crippen molar-refractivity contribution in [2.24, 2.45) is 5.73 Å². The number of methoxy groups -OCH3 is 1. The molecule has 0 aliphatic heterocycles. The molecule has 140 valence electrons. The summed E-state index contributed by atoms with van der Waals surface area (Å²) in [6.45, 7) is 3.38. The van der Waals surface area contributed by atoms with Gasteiger partial charge in [-0.15, -0.1) is 0 Å². The number of hydrogen-bond acceptors (Lipinski definition) is 5. The Kier molecular flexibility index (Phi) is 6.60. The fourth-order valence-electron chi connectivity index (χ4n) is 2.65. The highest BCUT2D eigenvalue weighted by Gasteiger charge is 2.13. The highest BCUT2D eigenvalue weighted by Crippen LogP contribution is 2.21. The minimum Gasteiger partial charge on any atom is -0.493 e. The van der Waals surface area contributed by atoms with Gasteiger partial charge in [0, 0.05) is 24.7 Å². The lowest BCUT2D eigenvalue weighted by Crippen LogP contribution is -2.31. The van der Waals surface area contributed by atoms with Gasteiger partial charge in [0.1, 0.15) is 5.75 Å². The minimum absolute atomic E-state index is 0.0489. The number of guanidine groups is 1. The number of nitrogens with zero attached hydrogens (tertiary/aromatic N) is 1. The molecule has 0 bridgehead atoms. The maximum absolute atomic E-state index is 12.6. The predicted octanol–water partition coefficient (Wildman–Crippen LogP) is 0.989. The molecule has 2 aromatic rings. The van der Waals surface area contributed by atoms with Gasteiger partial charge in [-0.2, -0.15) is 0 Å². The van der Waals surface area contributed by atoms with E-state index in [0.717, 1.165) is 10.9 Å². The number of pyridine rings is 1. The molecular formula is C18H24N4O4. The van der Waals surface area contributed by atoms with Gasteiger partial charge in [-0.3, -0.25) is 15.0 Å². The Hall–Kier alpha value is -3.03. The summed E-state index contributed by atoms with van der Waals surface area (Å²) >= 11 is 0. The van der Waals surface area contributed by atoms with Crippen LogP contribution in [0.3, 0.4) is 0 Å². The van der Waals surface area contributed by atoms with Gasteiger partial charge in [0.2, 0.25) is 0 Å². The summed E-state index contributed by atoms with van der Waals surface area (Å²) in [4.78, 5) is 24.1. The molecule has 0 saturated carbocycles. The molecule has 0 aliphatic rings. The van der Waals surface area contributed by atoms with Crippen LogP contribution in [0.5, 0.6) is 5.75 Å². The third kappa shape index (κ3) is 4.75. The molecule has 4 N–H and O–H groups in total. The van der Waals surface area contributed by atoms with Crippen molar-refractivity contribution in [3.05, 3.63) is 40.2 Å². The van der Waals surface area contributed by atoms with Crippen LogP contribution in [-0.2, 0) is 22.5 Å². The third-order valence-electron chi connectivity index (χ3n) is 3.93. The molecule has 0 spiro atoms. The molecule has 1 aromatic heterocycles. The fourth-order valence-corrected chi connectivity index (χ4v) is 2.65. The number of aromatic nitrogens is 1. The predicted molar refractivity (Wildman–Crippen MR) is 99.6 cm³/mol. The average Bonchev–Trinajstić information content (AvgIpc) is 2.62. The van der Waals surface area contributed by atoms with Crippen molar-refractivity contribution in [3.63, 3.8) is 0 Å². The lowest BCUT2D eigenvalue weighted by atomic mass is 10.1. The molecule has 8 heteroatoms. The highest BCUT2D eigenvalue weighted by atomic mass is 16.5. The van der Waals surface area contributed by atoms with Crippen molar-refractivity contribution in [3.8, 4) is 5.75 Å². The maximum atomic E-state index is 12.6. The van der Waals surface area contributed by atoms with Crippen LogP contribution < -0.4 is 21.3 Å². The summed E-state index contributed by atoms with van der Waals surface area (Å²) in [5.41, 5.74) is 6.18. The average molecular weight is 360 g/mol. The first-order valence-corrected chi connectivity index (χ1v) is 8.40. The van der Waals surface area contributed by atoms with E-state index in [1.54, 1.807) is 10.6 Å². The molecule has 0 atom stereocenters. The molecule has 26 heavy (non-hydrogen) atoms. The summed E-state index contributed by atoms with van der Waals surface area (Å²) in [6.07, 6.45) is 0.642. The van der Waals surface area contributed by atoms with E-state index in [0.29, 0.717) is 37.4 Å². The van der Waals surface area contributed by atoms with E-state index < -0.39 is 5.97 Å². The van der Waals surface area contributed by atoms with Crippen molar-refractivity contribution in [1.29, 1.82) is 5.41 Å². The first kappa shape index (κ1) is 19.3. The Morgan fingerprint density at radius 3 is 2.77 bits per heavy atom. The van der Waals surface area contributed by atoms with Crippen molar-refractivity contribution < 1.29 is 14.3 Å². The van der Waals surface area contributed by atoms with E-state index in [4.69, 9.17) is 15.9 Å². The number of hydrogen-bond donors (Lipinski definition) is 3. The van der Waals surface area contributed by atoms with Gasteiger partial charge in [0.25, 0.3) is 5.56 Å². The smallest absolute Gasteiger partial charge is 0.310 e. The monoisotopic (exact) mass is 360 g/mol. The van der Waals surface area contributed by atoms with Crippen molar-refractivity contribution in [2.45, 2.75) is 26.3 Å². The van der Waals surface area contributed by atoms with Crippen molar-refractivity contribution >= 4 is 22.8 Å². The standard InChI is InChI=1S/C18H24N4O4/c1-3-22-15-11-14(26-8-4-7-21-18(19)20)6-5-12(15)9-13(17(22)24)10-16(23)25-2/h5-6,9,11H,3-4,7-8,10H2,1-2H3,(H4,19,20,21). The first-order chi connectivity index (χ1) is 12.5. The number of ether oxygens (including phenoxy) is 2. The summed E-state index contributed by atoms with van der Waals surface area (Å²) in [5, 5.41) is 10.7. The van der Waals surface area contributed by atoms with Gasteiger partial charge in [0.15, 0.2) is 5.96 Å². The van der Waals surface area contributed by atoms with Crippen LogP contribution in [0.15, 0.2) is 29.1 Å². The van der Waals surface area contributed by atoms with Crippen LogP contribution in [0.1, 0.15) is 18.9 Å². The van der Waals surface area contributed by atoms with Crippen molar-refractivity contribution in [1.82, 2.24) is 9.88 Å². The lowest BCUT2D eigenvalue weighted by molar-refractivity contribution is -0.139. The third-order valence-corrected chi connectivity index (χ3v) is 3.93. The van der Waals surface area contributed by atoms with Gasteiger partial charge < -0.3 is 25.1 Å². The van der Waals surface area contributed by atoms with Gasteiger partial charge in [0.05, 0.1) is 25.7 Å². The largest absolute Gasteiger partial charge is 0.493 e. The molecule has 8 nitrogen and oxygen atoms in total. The van der Waals surface area contributed by atoms with Crippen LogP contribution in [-0.4, -0.2) is 36.8 Å². The second-order valence-corrected chi connectivity index (χ2v) is 5.73. The summed E-state index contributed by atoms with van der Waals surface area (Å²) < 4.78 is 12.0. The second kappa shape index (κ2) is 8.89. The van der Waals surface area contributed by atoms with E-state index in [1.165, 1.54) is 7.11 Å². The van der Waals surface area contributed by atoms with E-state index in [2.05, 4.69) is 10.1 Å². The van der Waals surface area contributed by atoms with Gasteiger partial charge in [-0.25, -0.2) is 0 Å². The van der Waals surface area contributed by atoms with Crippen LogP contribution in [0.4, 0.5) is 0 Å². The second-order valence-electron chi connectivity index (χ2n) is 5.73. The van der Waals surface area contributed by atoms with Crippen LogP contribution in [0.25, 0.3) is 10.9 Å². The molecular weight excluding hydrogens is 336 g/mol. The normalized spacial score (nSPS) is 10.5. The first-order valence-electron chi connectivity index (χ1n) is 8.40. The maximum Gasteiger partial charge on any atom is 0.310 e. The van der Waals surface area contributed by atoms with Crippen LogP contribution in [0.2, 0.25) is 0 Å². The molecule has 0 radical (unpaired) electrons. The fraction of sp³-hybridized carbons (Fsp3) is 0.389. The molecule has 1 aromatic carbocycles. The van der Waals surface area contributed by atoms with Crippen LogP contribution >= 0.6 is 0 Å². The molecule has 0 amide bonds. The van der Waals surface area contributed by atoms with E-state index in [9.17, 15) is 9.59 Å². The van der Waals surface area contributed by atoms with Gasteiger partial charge >= 0.3 is 5.97 Å². The Balaban J connectivity index is 2.22. The SMILES string of the molecule is CCn1c(=O)c(CC(=O)OC)cc2ccc(OCCCNC(=N)N)cc21. The molecule has 1 heterocycles. The topological polar surface area (TPSA) is 119 Å². The number of aryl methyl sites for hydroxylation is 1. The van der Waals surface area contributed by atoms with E-state index >= 15 is 0 Å². The lowest BCUT2D eigenvalue weighted by Gasteiger charge is -2.13. The Labute approximate surface area is 151 Å². The quantitative estimate of drug-likeness (QED) is 0.279. The van der Waals surface area contributed by atoms with E-state index in [-0.39, 0.29) is 17.9 Å². The number of esters is 1. The van der Waals surface area contributed by atoms with Gasteiger partial charge in [-0.05, 0) is 36.9 Å². The summed E-state index contributed by atoms with van der Waals surface area (Å²) in [7, 11) is 1.30. The zero-order valence-corrected chi connectivity index (χ0v) is 15.0. The van der Waals surface area contributed by atoms with Crippen LogP contribution in [0, 0.1) is 5.41 Å². The Morgan fingerprint density at radius 1 is 1.35 bits per heavy atom. The number of fused-ring (bicyclic) bond motifs is 1. The van der Waals surface area contributed by atoms with E-state index in [1.807, 2.05) is 25.1 Å². The Morgan fingerprint density at radius 2 is 2.12 bits per heavy atom. The number of benzene rings is 1.